The fourth-order valence-corrected chi connectivity index (χ4v) is 4.21. The van der Waals surface area contributed by atoms with Crippen LogP contribution in [0.2, 0.25) is 0 Å². The van der Waals surface area contributed by atoms with Gasteiger partial charge in [0.05, 0.1) is 12.4 Å². The second kappa shape index (κ2) is 12.3. The Hall–Kier alpha value is -3.93. The van der Waals surface area contributed by atoms with Gasteiger partial charge in [0.15, 0.2) is 0 Å². The van der Waals surface area contributed by atoms with E-state index in [9.17, 15) is 29.4 Å². The summed E-state index contributed by atoms with van der Waals surface area (Å²) in [6.07, 6.45) is 4.00. The third kappa shape index (κ3) is 7.29. The Bertz CT molecular complexity index is 1090. The molecule has 1 saturated heterocycles. The summed E-state index contributed by atoms with van der Waals surface area (Å²) in [5.74, 6) is -2.82. The molecule has 1 aliphatic heterocycles. The van der Waals surface area contributed by atoms with E-state index in [1.807, 2.05) is 13.8 Å². The van der Waals surface area contributed by atoms with E-state index in [1.54, 1.807) is 12.1 Å². The van der Waals surface area contributed by atoms with Crippen molar-refractivity contribution in [2.24, 2.45) is 11.7 Å². The van der Waals surface area contributed by atoms with Gasteiger partial charge in [-0.05, 0) is 36.5 Å². The zero-order valence-electron chi connectivity index (χ0n) is 20.9. The van der Waals surface area contributed by atoms with Gasteiger partial charge in [-0.2, -0.15) is 0 Å². The first-order chi connectivity index (χ1) is 17.6. The molecule has 12 heteroatoms. The number of aromatic nitrogens is 2. The molecule has 0 bridgehead atoms. The van der Waals surface area contributed by atoms with Crippen LogP contribution in [0.5, 0.6) is 5.75 Å². The van der Waals surface area contributed by atoms with Gasteiger partial charge >= 0.3 is 5.97 Å². The Morgan fingerprint density at radius 1 is 1.14 bits per heavy atom. The maximum absolute atomic E-state index is 13.2. The molecule has 0 spiro atoms. The molecule has 4 unspecified atom stereocenters. The number of carbonyl (C=O) groups is 4. The van der Waals surface area contributed by atoms with Crippen LogP contribution in [0.3, 0.4) is 0 Å². The topological polar surface area (TPSA) is 191 Å². The minimum absolute atomic E-state index is 0.0237. The normalized spacial score (nSPS) is 17.7. The Kier molecular flexibility index (Phi) is 9.23. The highest BCUT2D eigenvalue weighted by atomic mass is 16.4. The third-order valence-corrected chi connectivity index (χ3v) is 6.44. The number of carboxylic acid groups (broad SMARTS) is 1. The van der Waals surface area contributed by atoms with E-state index in [0.717, 1.165) is 0 Å². The molecule has 1 aromatic carbocycles. The number of likely N-dealkylation sites (tertiary alicyclic amines) is 1. The molecule has 12 nitrogen and oxygen atoms in total. The van der Waals surface area contributed by atoms with Crippen molar-refractivity contribution in [3.05, 3.63) is 48.0 Å². The van der Waals surface area contributed by atoms with Gasteiger partial charge in [-0.1, -0.05) is 26.0 Å². The van der Waals surface area contributed by atoms with Crippen LogP contribution >= 0.6 is 0 Å². The van der Waals surface area contributed by atoms with Crippen LogP contribution < -0.4 is 16.4 Å². The van der Waals surface area contributed by atoms with Gasteiger partial charge in [-0.25, -0.2) is 9.78 Å². The molecule has 3 amide bonds. The van der Waals surface area contributed by atoms with E-state index in [1.165, 1.54) is 29.6 Å². The number of hydrogen-bond donors (Lipinski definition) is 6. The second-order valence-electron chi connectivity index (χ2n) is 9.57. The molecule has 1 fully saturated rings. The number of aromatic amines is 1. The van der Waals surface area contributed by atoms with Crippen molar-refractivity contribution < 1.29 is 29.4 Å². The number of phenols is 1. The number of aromatic hydroxyl groups is 1. The molecule has 7 N–H and O–H groups in total. The predicted molar refractivity (Wildman–Crippen MR) is 133 cm³/mol. The predicted octanol–water partition coefficient (Wildman–Crippen LogP) is -0.0710. The van der Waals surface area contributed by atoms with Crippen LogP contribution in [0.25, 0.3) is 0 Å². The van der Waals surface area contributed by atoms with Gasteiger partial charge in [0, 0.05) is 31.3 Å². The highest BCUT2D eigenvalue weighted by Crippen LogP contribution is 2.20. The Morgan fingerprint density at radius 3 is 2.43 bits per heavy atom. The van der Waals surface area contributed by atoms with E-state index in [0.29, 0.717) is 30.6 Å². The molecule has 3 rings (SSSR count). The Balaban J connectivity index is 1.74. The number of imidazole rings is 1. The number of amides is 3. The number of nitrogens with one attached hydrogen (secondary N) is 3. The Labute approximate surface area is 214 Å². The number of rotatable bonds is 11. The first-order valence-corrected chi connectivity index (χ1v) is 12.2. The van der Waals surface area contributed by atoms with Crippen LogP contribution in [0.4, 0.5) is 0 Å². The van der Waals surface area contributed by atoms with E-state index in [-0.39, 0.29) is 30.4 Å². The molecular formula is C25H34N6O6. The van der Waals surface area contributed by atoms with Crippen molar-refractivity contribution in [3.8, 4) is 5.75 Å². The SMILES string of the molecule is CC(C)C(N)C(=O)N1CCCC1C(=O)NC(Cc1cnc[nH]1)C(=O)NC(Cc1ccc(O)cc1)C(=O)O. The minimum Gasteiger partial charge on any atom is -0.508 e. The van der Waals surface area contributed by atoms with Crippen LogP contribution in [0.15, 0.2) is 36.8 Å². The number of carbonyl (C=O) groups excluding carboxylic acids is 3. The molecule has 0 radical (unpaired) electrons. The summed E-state index contributed by atoms with van der Waals surface area (Å²) in [7, 11) is 0. The number of carboxylic acids is 1. The molecule has 0 aliphatic carbocycles. The molecule has 0 saturated carbocycles. The molecule has 2 heterocycles. The van der Waals surface area contributed by atoms with Crippen LogP contribution in [-0.4, -0.2) is 79.5 Å². The van der Waals surface area contributed by atoms with Crippen LogP contribution in [-0.2, 0) is 32.0 Å². The summed E-state index contributed by atoms with van der Waals surface area (Å²) in [4.78, 5) is 59.5. The molecule has 4 atom stereocenters. The number of benzene rings is 1. The van der Waals surface area contributed by atoms with E-state index < -0.39 is 42.0 Å². The lowest BCUT2D eigenvalue weighted by Gasteiger charge is -2.29. The van der Waals surface area contributed by atoms with Crippen molar-refractivity contribution >= 4 is 23.7 Å². The summed E-state index contributed by atoms with van der Waals surface area (Å²) in [5, 5.41) is 24.4. The fourth-order valence-electron chi connectivity index (χ4n) is 4.21. The zero-order valence-corrected chi connectivity index (χ0v) is 20.9. The van der Waals surface area contributed by atoms with Crippen molar-refractivity contribution in [1.82, 2.24) is 25.5 Å². The number of phenolic OH excluding ortho intramolecular Hbond substituents is 1. The summed E-state index contributed by atoms with van der Waals surface area (Å²) in [6, 6.07) is 2.07. The number of H-pyrrole nitrogens is 1. The first-order valence-electron chi connectivity index (χ1n) is 12.2. The number of aliphatic carboxylic acids is 1. The number of nitrogens with zero attached hydrogens (tertiary/aromatic N) is 2. The fraction of sp³-hybridized carbons (Fsp3) is 0.480. The molecule has 1 aliphatic rings. The van der Waals surface area contributed by atoms with Gasteiger partial charge in [-0.3, -0.25) is 14.4 Å². The molecular weight excluding hydrogens is 480 g/mol. The van der Waals surface area contributed by atoms with Gasteiger partial charge in [0.1, 0.15) is 23.9 Å². The summed E-state index contributed by atoms with van der Waals surface area (Å²) in [5.41, 5.74) is 7.19. The number of hydrogen-bond acceptors (Lipinski definition) is 7. The summed E-state index contributed by atoms with van der Waals surface area (Å²) in [6.45, 7) is 4.05. The van der Waals surface area contributed by atoms with Gasteiger partial charge in [-0.15, -0.1) is 0 Å². The Morgan fingerprint density at radius 2 is 1.84 bits per heavy atom. The smallest absolute Gasteiger partial charge is 0.326 e. The van der Waals surface area contributed by atoms with Crippen molar-refractivity contribution in [2.45, 2.75) is 63.7 Å². The molecule has 200 valence electrons. The monoisotopic (exact) mass is 514 g/mol. The van der Waals surface area contributed by atoms with E-state index >= 15 is 0 Å². The summed E-state index contributed by atoms with van der Waals surface area (Å²) < 4.78 is 0. The first kappa shape index (κ1) is 27.7. The maximum Gasteiger partial charge on any atom is 0.326 e. The largest absolute Gasteiger partial charge is 0.508 e. The standard InChI is InChI=1S/C25H34N6O6/c1-14(2)21(26)24(35)31-9-3-4-20(31)23(34)29-18(11-16-12-27-13-28-16)22(33)30-19(25(36)37)10-15-5-7-17(32)8-6-15/h5-8,12-14,18-21,32H,3-4,9-11,26H2,1-2H3,(H,27,28)(H,29,34)(H,30,33)(H,36,37). The average Bonchev–Trinajstić information content (AvgIpc) is 3.55. The summed E-state index contributed by atoms with van der Waals surface area (Å²) >= 11 is 0. The highest BCUT2D eigenvalue weighted by molar-refractivity contribution is 5.94. The van der Waals surface area contributed by atoms with E-state index in [4.69, 9.17) is 5.73 Å². The third-order valence-electron chi connectivity index (χ3n) is 6.44. The minimum atomic E-state index is -1.27. The highest BCUT2D eigenvalue weighted by Gasteiger charge is 2.38. The lowest BCUT2D eigenvalue weighted by atomic mass is 10.0. The maximum atomic E-state index is 13.2. The molecule has 2 aromatic rings. The van der Waals surface area contributed by atoms with Crippen molar-refractivity contribution in [1.29, 1.82) is 0 Å². The van der Waals surface area contributed by atoms with Gasteiger partial charge < -0.3 is 36.5 Å². The average molecular weight is 515 g/mol. The second-order valence-corrected chi connectivity index (χ2v) is 9.57. The van der Waals surface area contributed by atoms with Crippen molar-refractivity contribution in [2.75, 3.05) is 6.54 Å². The lowest BCUT2D eigenvalue weighted by molar-refractivity contribution is -0.143. The quantitative estimate of drug-likeness (QED) is 0.240. The lowest BCUT2D eigenvalue weighted by Crippen LogP contribution is -2.57. The van der Waals surface area contributed by atoms with Gasteiger partial charge in [0.25, 0.3) is 0 Å². The van der Waals surface area contributed by atoms with E-state index in [2.05, 4.69) is 20.6 Å². The van der Waals surface area contributed by atoms with Gasteiger partial charge in [0.2, 0.25) is 17.7 Å². The van der Waals surface area contributed by atoms with Crippen LogP contribution in [0, 0.1) is 5.92 Å². The molecule has 37 heavy (non-hydrogen) atoms. The number of nitrogens with two attached hydrogens (primary N) is 1. The molecule has 1 aromatic heterocycles. The van der Waals surface area contributed by atoms with Crippen LogP contribution in [0.1, 0.15) is 37.9 Å². The zero-order chi connectivity index (χ0) is 27.1. The van der Waals surface area contributed by atoms with Crippen molar-refractivity contribution in [3.63, 3.8) is 0 Å².